The maximum atomic E-state index is 10.9. The van der Waals surface area contributed by atoms with Crippen LogP contribution < -0.4 is 0 Å². The molecule has 1 N–H and O–H groups in total. The second-order valence-corrected chi connectivity index (χ2v) is 4.23. The summed E-state index contributed by atoms with van der Waals surface area (Å²) in [5.74, 6) is -1.01. The first-order chi connectivity index (χ1) is 7.74. The lowest BCUT2D eigenvalue weighted by Gasteiger charge is -2.01. The third-order valence-corrected chi connectivity index (χ3v) is 3.15. The Morgan fingerprint density at radius 1 is 1.31 bits per heavy atom. The first kappa shape index (κ1) is 9.33. The molecule has 0 bridgehead atoms. The van der Waals surface area contributed by atoms with E-state index in [0.29, 0.717) is 12.8 Å². The van der Waals surface area contributed by atoms with Crippen molar-refractivity contribution < 1.29 is 9.90 Å². The van der Waals surface area contributed by atoms with E-state index in [-0.39, 0.29) is 5.92 Å². The molecule has 3 heteroatoms. The van der Waals surface area contributed by atoms with E-state index in [1.54, 1.807) is 0 Å². The molecule has 0 spiro atoms. The molecule has 1 heterocycles. The van der Waals surface area contributed by atoms with E-state index < -0.39 is 5.97 Å². The largest absolute Gasteiger partial charge is 0.481 e. The second kappa shape index (κ2) is 3.30. The number of aromatic nitrogens is 1. The van der Waals surface area contributed by atoms with Crippen LogP contribution in [0.3, 0.4) is 0 Å². The van der Waals surface area contributed by atoms with Gasteiger partial charge in [-0.1, -0.05) is 18.2 Å². The molecule has 0 radical (unpaired) electrons. The Morgan fingerprint density at radius 2 is 2.12 bits per heavy atom. The van der Waals surface area contributed by atoms with E-state index in [1.165, 1.54) is 0 Å². The molecule has 3 rings (SSSR count). The number of fused-ring (bicyclic) bond motifs is 2. The molecule has 2 aromatic rings. The summed E-state index contributed by atoms with van der Waals surface area (Å²) >= 11 is 0. The summed E-state index contributed by atoms with van der Waals surface area (Å²) in [7, 11) is 0. The molecule has 0 saturated carbocycles. The van der Waals surface area contributed by atoms with Gasteiger partial charge in [-0.15, -0.1) is 0 Å². The van der Waals surface area contributed by atoms with Crippen LogP contribution in [0.1, 0.15) is 11.3 Å². The average molecular weight is 213 g/mol. The summed E-state index contributed by atoms with van der Waals surface area (Å²) in [6.45, 7) is 0. The Hall–Kier alpha value is -1.90. The Labute approximate surface area is 92.7 Å². The lowest BCUT2D eigenvalue weighted by Crippen LogP contribution is -2.13. The van der Waals surface area contributed by atoms with E-state index in [0.717, 1.165) is 22.2 Å². The third kappa shape index (κ3) is 1.36. The third-order valence-electron chi connectivity index (χ3n) is 3.15. The number of rotatable bonds is 1. The molecular weight excluding hydrogens is 202 g/mol. The second-order valence-electron chi connectivity index (χ2n) is 4.23. The molecule has 0 amide bonds. The lowest BCUT2D eigenvalue weighted by molar-refractivity contribution is -0.141. The zero-order valence-corrected chi connectivity index (χ0v) is 8.68. The van der Waals surface area contributed by atoms with Crippen LogP contribution in [0.2, 0.25) is 0 Å². The van der Waals surface area contributed by atoms with Crippen LogP contribution in [0.25, 0.3) is 10.9 Å². The SMILES string of the molecule is O=C(O)[C@@H]1Cc2cc3ccccc3nc2C1. The van der Waals surface area contributed by atoms with Crippen molar-refractivity contribution in [1.29, 1.82) is 0 Å². The molecular formula is C13H11NO2. The Morgan fingerprint density at radius 3 is 2.94 bits per heavy atom. The molecule has 1 aromatic heterocycles. The molecule has 16 heavy (non-hydrogen) atoms. The number of hydrogen-bond acceptors (Lipinski definition) is 2. The molecule has 3 nitrogen and oxygen atoms in total. The van der Waals surface area contributed by atoms with Crippen molar-refractivity contribution in [2.24, 2.45) is 5.92 Å². The molecule has 0 saturated heterocycles. The number of carboxylic acid groups (broad SMARTS) is 1. The fourth-order valence-corrected chi connectivity index (χ4v) is 2.30. The molecule has 0 fully saturated rings. The maximum Gasteiger partial charge on any atom is 0.307 e. The predicted octanol–water partition coefficient (Wildman–Crippen LogP) is 2.03. The van der Waals surface area contributed by atoms with Gasteiger partial charge in [-0.3, -0.25) is 9.78 Å². The minimum atomic E-state index is -0.720. The molecule has 0 aliphatic heterocycles. The summed E-state index contributed by atoms with van der Waals surface area (Å²) in [5, 5.41) is 10.1. The highest BCUT2D eigenvalue weighted by molar-refractivity contribution is 5.80. The van der Waals surface area contributed by atoms with Crippen molar-refractivity contribution in [3.05, 3.63) is 41.6 Å². The van der Waals surface area contributed by atoms with E-state index >= 15 is 0 Å². The molecule has 80 valence electrons. The summed E-state index contributed by atoms with van der Waals surface area (Å²) < 4.78 is 0. The highest BCUT2D eigenvalue weighted by Gasteiger charge is 2.28. The molecule has 0 unspecified atom stereocenters. The number of para-hydroxylation sites is 1. The van der Waals surface area contributed by atoms with Gasteiger partial charge in [0, 0.05) is 17.5 Å². The number of aliphatic carboxylic acids is 1. The highest BCUT2D eigenvalue weighted by Crippen LogP contribution is 2.28. The normalized spacial score (nSPS) is 18.6. The first-order valence-electron chi connectivity index (χ1n) is 5.34. The quantitative estimate of drug-likeness (QED) is 0.788. The van der Waals surface area contributed by atoms with Gasteiger partial charge in [-0.2, -0.15) is 0 Å². The van der Waals surface area contributed by atoms with Gasteiger partial charge >= 0.3 is 5.97 Å². The van der Waals surface area contributed by atoms with Crippen LogP contribution in [0, 0.1) is 5.92 Å². The summed E-state index contributed by atoms with van der Waals surface area (Å²) in [5.41, 5.74) is 2.99. The average Bonchev–Trinajstić information content (AvgIpc) is 2.68. The minimum absolute atomic E-state index is 0.292. The summed E-state index contributed by atoms with van der Waals surface area (Å²) in [6, 6.07) is 9.96. The van der Waals surface area contributed by atoms with Gasteiger partial charge in [0.15, 0.2) is 0 Å². The van der Waals surface area contributed by atoms with Gasteiger partial charge in [0.25, 0.3) is 0 Å². The van der Waals surface area contributed by atoms with Crippen molar-refractivity contribution in [1.82, 2.24) is 4.98 Å². The number of carbonyl (C=O) groups is 1. The van der Waals surface area contributed by atoms with Crippen LogP contribution in [-0.4, -0.2) is 16.1 Å². The van der Waals surface area contributed by atoms with Gasteiger partial charge in [-0.05, 0) is 24.1 Å². The fourth-order valence-electron chi connectivity index (χ4n) is 2.30. The number of pyridine rings is 1. The van der Waals surface area contributed by atoms with Gasteiger partial charge in [-0.25, -0.2) is 0 Å². The topological polar surface area (TPSA) is 50.2 Å². The molecule has 1 aliphatic rings. The number of nitrogens with zero attached hydrogens (tertiary/aromatic N) is 1. The van der Waals surface area contributed by atoms with Gasteiger partial charge < -0.3 is 5.11 Å². The predicted molar refractivity (Wildman–Crippen MR) is 60.3 cm³/mol. The smallest absolute Gasteiger partial charge is 0.307 e. The van der Waals surface area contributed by atoms with Crippen molar-refractivity contribution in [2.75, 3.05) is 0 Å². The van der Waals surface area contributed by atoms with Gasteiger partial charge in [0.2, 0.25) is 0 Å². The van der Waals surface area contributed by atoms with E-state index in [4.69, 9.17) is 5.11 Å². The Kier molecular flexibility index (Phi) is 1.93. The number of hydrogen-bond donors (Lipinski definition) is 1. The van der Waals surface area contributed by atoms with Crippen molar-refractivity contribution in [2.45, 2.75) is 12.8 Å². The van der Waals surface area contributed by atoms with Gasteiger partial charge in [0.05, 0.1) is 11.4 Å². The number of carboxylic acids is 1. The summed E-state index contributed by atoms with van der Waals surface area (Å²) in [4.78, 5) is 15.5. The highest BCUT2D eigenvalue weighted by atomic mass is 16.4. The Bertz CT molecular complexity index is 533. The Balaban J connectivity index is 2.11. The monoisotopic (exact) mass is 213 g/mol. The molecule has 1 aromatic carbocycles. The zero-order chi connectivity index (χ0) is 11.1. The molecule has 1 atom stereocenters. The first-order valence-corrected chi connectivity index (χ1v) is 5.34. The van der Waals surface area contributed by atoms with Crippen molar-refractivity contribution in [3.8, 4) is 0 Å². The fraction of sp³-hybridized carbons (Fsp3) is 0.231. The van der Waals surface area contributed by atoms with E-state index in [2.05, 4.69) is 11.1 Å². The molecule has 1 aliphatic carbocycles. The zero-order valence-electron chi connectivity index (χ0n) is 8.68. The minimum Gasteiger partial charge on any atom is -0.481 e. The van der Waals surface area contributed by atoms with Crippen LogP contribution in [0.4, 0.5) is 0 Å². The summed E-state index contributed by atoms with van der Waals surface area (Å²) in [6.07, 6.45) is 1.18. The van der Waals surface area contributed by atoms with Crippen molar-refractivity contribution in [3.63, 3.8) is 0 Å². The van der Waals surface area contributed by atoms with E-state index in [9.17, 15) is 4.79 Å². The van der Waals surface area contributed by atoms with Gasteiger partial charge in [0.1, 0.15) is 0 Å². The maximum absolute atomic E-state index is 10.9. The standard InChI is InChI=1S/C13H11NO2/c15-13(16)10-6-9-5-8-3-1-2-4-11(8)14-12(9)7-10/h1-5,10H,6-7H2,(H,15,16)/t10-/m1/s1. The number of benzene rings is 1. The lowest BCUT2D eigenvalue weighted by atomic mass is 10.1. The van der Waals surface area contributed by atoms with Crippen LogP contribution >= 0.6 is 0 Å². The van der Waals surface area contributed by atoms with Crippen LogP contribution in [-0.2, 0) is 17.6 Å². The van der Waals surface area contributed by atoms with E-state index in [1.807, 2.05) is 24.3 Å². The van der Waals surface area contributed by atoms with Crippen molar-refractivity contribution >= 4 is 16.9 Å². The van der Waals surface area contributed by atoms with Crippen LogP contribution in [0.5, 0.6) is 0 Å². The van der Waals surface area contributed by atoms with Crippen LogP contribution in [0.15, 0.2) is 30.3 Å².